The van der Waals surface area contributed by atoms with Gasteiger partial charge in [0, 0.05) is 19.0 Å². The third-order valence-electron chi connectivity index (χ3n) is 4.08. The van der Waals surface area contributed by atoms with E-state index < -0.39 is 27.2 Å². The van der Waals surface area contributed by atoms with Crippen LogP contribution in [0.3, 0.4) is 0 Å². The van der Waals surface area contributed by atoms with Crippen LogP contribution in [0.1, 0.15) is 12.8 Å². The first kappa shape index (κ1) is 18.1. The first-order chi connectivity index (χ1) is 12.3. The van der Waals surface area contributed by atoms with Gasteiger partial charge in [0.15, 0.2) is 0 Å². The van der Waals surface area contributed by atoms with E-state index in [1.54, 1.807) is 0 Å². The Balaban J connectivity index is 1.63. The Hall–Kier alpha value is -2.70. The summed E-state index contributed by atoms with van der Waals surface area (Å²) in [6.07, 6.45) is 4.01. The third kappa shape index (κ3) is 3.34. The first-order valence-electron chi connectivity index (χ1n) is 7.62. The zero-order valence-electron chi connectivity index (χ0n) is 13.4. The second-order valence-corrected chi connectivity index (χ2v) is 7.53. The number of anilines is 1. The van der Waals surface area contributed by atoms with Gasteiger partial charge in [-0.2, -0.15) is 27.4 Å². The predicted octanol–water partition coefficient (Wildman–Crippen LogP) is 0.783. The number of hydrogen-bond donors (Lipinski definition) is 1. The minimum atomic E-state index is -5.01. The number of nitrogens with one attached hydrogen (secondary N) is 1. The second-order valence-electron chi connectivity index (χ2n) is 5.66. The number of piperidine rings is 1. The molecule has 1 aliphatic heterocycles. The number of rotatable bonds is 4. The van der Waals surface area contributed by atoms with Crippen molar-refractivity contribution in [2.75, 3.05) is 18.4 Å². The van der Waals surface area contributed by atoms with E-state index in [9.17, 15) is 22.0 Å². The van der Waals surface area contributed by atoms with Crippen LogP contribution >= 0.6 is 0 Å². The molecule has 3 heterocycles. The zero-order valence-corrected chi connectivity index (χ0v) is 14.2. The molecule has 0 atom stereocenters. The molecule has 0 aromatic carbocycles. The molecule has 26 heavy (non-hydrogen) atoms. The van der Waals surface area contributed by atoms with Crippen LogP contribution in [0.4, 0.5) is 19.3 Å². The maximum atomic E-state index is 14.5. The predicted molar refractivity (Wildman–Crippen MR) is 84.6 cm³/mol. The van der Waals surface area contributed by atoms with Crippen molar-refractivity contribution in [3.05, 3.63) is 31.1 Å². The molecule has 3 rings (SSSR count). The van der Waals surface area contributed by atoms with Gasteiger partial charge in [-0.3, -0.25) is 0 Å². The molecule has 2 aromatic rings. The number of carbonyl (C=O) groups is 1. The number of likely N-dealkylation sites (tertiary alicyclic amines) is 1. The Morgan fingerprint density at radius 1 is 1.27 bits per heavy atom. The molecule has 1 fully saturated rings. The molecule has 0 spiro atoms. The van der Waals surface area contributed by atoms with E-state index in [0.717, 1.165) is 6.33 Å². The van der Waals surface area contributed by atoms with Gasteiger partial charge in [-0.25, -0.2) is 9.78 Å². The van der Waals surface area contributed by atoms with Crippen LogP contribution in [0.5, 0.6) is 0 Å². The standard InChI is InChI=1S/C13H15F2N7O3S/c14-13(15,26(24,25)22-9-16-8-19-22)10-2-5-21(6-3-10)12(23)20-11-1-4-17-18-7-11/h1,4,7-10H,2-3,5-6H2,(H,17,20,23). The Labute approximate surface area is 147 Å². The van der Waals surface area contributed by atoms with Crippen molar-refractivity contribution in [2.45, 2.75) is 18.1 Å². The summed E-state index contributed by atoms with van der Waals surface area (Å²) in [5.74, 6) is -1.43. The van der Waals surface area contributed by atoms with Crippen molar-refractivity contribution >= 4 is 21.7 Å². The van der Waals surface area contributed by atoms with Gasteiger partial charge in [-0.15, -0.1) is 9.19 Å². The second kappa shape index (κ2) is 6.90. The van der Waals surface area contributed by atoms with Gasteiger partial charge in [0.2, 0.25) is 0 Å². The highest BCUT2D eigenvalue weighted by atomic mass is 32.2. The molecule has 0 saturated carbocycles. The number of nitrogens with zero attached hydrogens (tertiary/aromatic N) is 6. The molecular weight excluding hydrogens is 372 g/mol. The van der Waals surface area contributed by atoms with Gasteiger partial charge in [-0.1, -0.05) is 0 Å². The Morgan fingerprint density at radius 3 is 2.58 bits per heavy atom. The quantitative estimate of drug-likeness (QED) is 0.822. The number of urea groups is 1. The van der Waals surface area contributed by atoms with E-state index in [-0.39, 0.29) is 30.0 Å². The summed E-state index contributed by atoms with van der Waals surface area (Å²) >= 11 is 0. The molecule has 10 nitrogen and oxygen atoms in total. The largest absolute Gasteiger partial charge is 0.368 e. The Morgan fingerprint density at radius 2 is 2.00 bits per heavy atom. The van der Waals surface area contributed by atoms with Crippen LogP contribution < -0.4 is 5.32 Å². The molecule has 0 bridgehead atoms. The lowest BCUT2D eigenvalue weighted by Gasteiger charge is -2.35. The Kier molecular flexibility index (Phi) is 4.80. The fourth-order valence-corrected chi connectivity index (χ4v) is 3.89. The van der Waals surface area contributed by atoms with Crippen LogP contribution in [-0.4, -0.2) is 62.1 Å². The Bertz CT molecular complexity index is 853. The van der Waals surface area contributed by atoms with Crippen LogP contribution in [0.2, 0.25) is 0 Å². The van der Waals surface area contributed by atoms with Crippen molar-refractivity contribution < 1.29 is 22.0 Å². The van der Waals surface area contributed by atoms with Crippen molar-refractivity contribution in [3.63, 3.8) is 0 Å². The maximum Gasteiger partial charge on any atom is 0.368 e. The number of carbonyl (C=O) groups excluding carboxylic acids is 1. The summed E-state index contributed by atoms with van der Waals surface area (Å²) in [4.78, 5) is 16.9. The van der Waals surface area contributed by atoms with E-state index >= 15 is 0 Å². The smallest absolute Gasteiger partial charge is 0.325 e. The van der Waals surface area contributed by atoms with E-state index in [2.05, 4.69) is 25.6 Å². The summed E-state index contributed by atoms with van der Waals surface area (Å²) in [5, 5.41) is 9.05. The average molecular weight is 387 g/mol. The van der Waals surface area contributed by atoms with Gasteiger partial charge in [0.25, 0.3) is 0 Å². The lowest BCUT2D eigenvalue weighted by Crippen LogP contribution is -2.48. The molecule has 1 aliphatic rings. The van der Waals surface area contributed by atoms with Crippen LogP contribution in [0, 0.1) is 5.92 Å². The molecule has 13 heteroatoms. The summed E-state index contributed by atoms with van der Waals surface area (Å²) in [5.41, 5.74) is 0.422. The number of amides is 2. The zero-order chi connectivity index (χ0) is 18.8. The van der Waals surface area contributed by atoms with Crippen LogP contribution in [0.15, 0.2) is 31.1 Å². The molecule has 2 amide bonds. The molecule has 0 radical (unpaired) electrons. The number of alkyl halides is 2. The average Bonchev–Trinajstić information content (AvgIpc) is 3.18. The van der Waals surface area contributed by atoms with Gasteiger partial charge in [-0.05, 0) is 18.9 Å². The van der Waals surface area contributed by atoms with Gasteiger partial charge in [0.05, 0.1) is 18.1 Å². The van der Waals surface area contributed by atoms with E-state index in [1.807, 2.05) is 0 Å². The number of hydrogen-bond acceptors (Lipinski definition) is 7. The van der Waals surface area contributed by atoms with Crippen molar-refractivity contribution in [1.82, 2.24) is 29.3 Å². The van der Waals surface area contributed by atoms with Crippen LogP contribution in [-0.2, 0) is 10.0 Å². The van der Waals surface area contributed by atoms with Crippen molar-refractivity contribution in [1.29, 1.82) is 0 Å². The lowest BCUT2D eigenvalue weighted by atomic mass is 9.97. The highest BCUT2D eigenvalue weighted by Gasteiger charge is 2.54. The summed E-state index contributed by atoms with van der Waals surface area (Å²) < 4.78 is 53.3. The lowest BCUT2D eigenvalue weighted by molar-refractivity contribution is -0.000847. The van der Waals surface area contributed by atoms with E-state index in [0.29, 0.717) is 12.0 Å². The summed E-state index contributed by atoms with van der Waals surface area (Å²) in [7, 11) is -5.01. The minimum absolute atomic E-state index is 0.00250. The fourth-order valence-electron chi connectivity index (χ4n) is 2.64. The molecular formula is C13H15F2N7O3S. The third-order valence-corrected chi connectivity index (χ3v) is 5.78. The molecule has 1 saturated heterocycles. The van der Waals surface area contributed by atoms with E-state index in [4.69, 9.17) is 0 Å². The normalized spacial score (nSPS) is 16.5. The van der Waals surface area contributed by atoms with Crippen molar-refractivity contribution in [3.8, 4) is 0 Å². The number of halogens is 2. The summed E-state index contributed by atoms with van der Waals surface area (Å²) in [6.45, 7) is -0.00500. The molecule has 0 unspecified atom stereocenters. The SMILES string of the molecule is O=C(Nc1ccnnc1)N1CCC(C(F)(F)S(=O)(=O)n2cncn2)CC1. The fraction of sp³-hybridized carbons (Fsp3) is 0.462. The highest BCUT2D eigenvalue weighted by Crippen LogP contribution is 2.38. The van der Waals surface area contributed by atoms with Crippen molar-refractivity contribution in [2.24, 2.45) is 5.92 Å². The molecule has 140 valence electrons. The minimum Gasteiger partial charge on any atom is -0.325 e. The maximum absolute atomic E-state index is 14.5. The molecule has 1 N–H and O–H groups in total. The van der Waals surface area contributed by atoms with Crippen LogP contribution in [0.25, 0.3) is 0 Å². The topological polar surface area (TPSA) is 123 Å². The van der Waals surface area contributed by atoms with Gasteiger partial charge < -0.3 is 10.2 Å². The monoisotopic (exact) mass is 387 g/mol. The van der Waals surface area contributed by atoms with Gasteiger partial charge >= 0.3 is 21.3 Å². The molecule has 0 aliphatic carbocycles. The number of aromatic nitrogens is 5. The molecule has 2 aromatic heterocycles. The highest BCUT2D eigenvalue weighted by molar-refractivity contribution is 7.90. The van der Waals surface area contributed by atoms with Gasteiger partial charge in [0.1, 0.15) is 12.7 Å². The first-order valence-corrected chi connectivity index (χ1v) is 9.06. The van der Waals surface area contributed by atoms with E-state index in [1.165, 1.54) is 23.4 Å². The summed E-state index contributed by atoms with van der Waals surface area (Å²) in [6, 6.07) is 1.06.